The zero-order valence-electron chi connectivity index (χ0n) is 6.92. The quantitative estimate of drug-likeness (QED) is 0.456. The van der Waals surface area contributed by atoms with E-state index in [1.54, 1.807) is 0 Å². The van der Waals surface area contributed by atoms with Crippen LogP contribution in [0.25, 0.3) is 0 Å². The Morgan fingerprint density at radius 2 is 1.31 bits per heavy atom. The Kier molecular flexibility index (Phi) is 6.76. The van der Waals surface area contributed by atoms with Crippen molar-refractivity contribution >= 4 is 11.9 Å². The van der Waals surface area contributed by atoms with Gasteiger partial charge in [0.05, 0.1) is 13.2 Å². The zero-order valence-corrected chi connectivity index (χ0v) is 6.92. The molecular formula is C7H10F2O4. The van der Waals surface area contributed by atoms with Crippen LogP contribution in [0.3, 0.4) is 0 Å². The Bertz CT molecular complexity index is 154. The van der Waals surface area contributed by atoms with Gasteiger partial charge in [-0.2, -0.15) is 0 Å². The van der Waals surface area contributed by atoms with Crippen molar-refractivity contribution in [3.05, 3.63) is 0 Å². The van der Waals surface area contributed by atoms with Gasteiger partial charge in [0.2, 0.25) is 0 Å². The number of hydrogen-bond acceptors (Lipinski definition) is 4. The average Bonchev–Trinajstić information content (AvgIpc) is 2.16. The Balaban J connectivity index is 3.17. The van der Waals surface area contributed by atoms with Crippen molar-refractivity contribution < 1.29 is 27.8 Å². The van der Waals surface area contributed by atoms with Crippen molar-refractivity contribution in [3.63, 3.8) is 0 Å². The van der Waals surface area contributed by atoms with Crippen molar-refractivity contribution in [2.75, 3.05) is 26.6 Å². The summed E-state index contributed by atoms with van der Waals surface area (Å²) in [6, 6.07) is 0. The fourth-order valence-corrected chi connectivity index (χ4v) is 0.508. The van der Waals surface area contributed by atoms with Gasteiger partial charge >= 0.3 is 11.9 Å². The van der Waals surface area contributed by atoms with E-state index >= 15 is 0 Å². The highest BCUT2D eigenvalue weighted by molar-refractivity contribution is 5.70. The third-order valence-electron chi connectivity index (χ3n) is 1.03. The van der Waals surface area contributed by atoms with Crippen LogP contribution in [-0.2, 0) is 19.1 Å². The molecule has 0 aromatic heterocycles. The maximum absolute atomic E-state index is 11.5. The highest BCUT2D eigenvalue weighted by atomic mass is 19.1. The highest BCUT2D eigenvalue weighted by Gasteiger charge is 2.02. The van der Waals surface area contributed by atoms with Crippen molar-refractivity contribution in [1.82, 2.24) is 0 Å². The summed E-state index contributed by atoms with van der Waals surface area (Å²) >= 11 is 0. The molecule has 0 unspecified atom stereocenters. The number of hydrogen-bond donors (Lipinski definition) is 0. The van der Waals surface area contributed by atoms with E-state index in [0.29, 0.717) is 0 Å². The van der Waals surface area contributed by atoms with Gasteiger partial charge in [-0.1, -0.05) is 0 Å². The predicted octanol–water partition coefficient (Wildman–Crippen LogP) is 0.402. The lowest BCUT2D eigenvalue weighted by Crippen LogP contribution is -2.12. The monoisotopic (exact) mass is 196 g/mol. The smallest absolute Gasteiger partial charge is 0.337 e. The highest BCUT2D eigenvalue weighted by Crippen LogP contribution is 1.88. The van der Waals surface area contributed by atoms with Gasteiger partial charge in [-0.15, -0.1) is 0 Å². The van der Waals surface area contributed by atoms with Crippen LogP contribution in [0.15, 0.2) is 0 Å². The molecule has 0 aliphatic heterocycles. The molecule has 0 heterocycles. The molecule has 0 aliphatic rings. The van der Waals surface area contributed by atoms with Crippen molar-refractivity contribution in [3.8, 4) is 0 Å². The van der Waals surface area contributed by atoms with Crippen molar-refractivity contribution in [1.29, 1.82) is 0 Å². The summed E-state index contributed by atoms with van der Waals surface area (Å²) in [6.07, 6.45) is 0.234. The summed E-state index contributed by atoms with van der Waals surface area (Å²) in [6.45, 7) is -2.43. The minimum atomic E-state index is -1.18. The van der Waals surface area contributed by atoms with E-state index in [-0.39, 0.29) is 19.6 Å². The summed E-state index contributed by atoms with van der Waals surface area (Å²) in [7, 11) is 0. The summed E-state index contributed by atoms with van der Waals surface area (Å²) in [5.41, 5.74) is 0. The van der Waals surface area contributed by atoms with Crippen LogP contribution in [0.5, 0.6) is 0 Å². The molecule has 76 valence electrons. The molecule has 13 heavy (non-hydrogen) atoms. The molecule has 0 amide bonds. The number of ether oxygens (including phenoxy) is 2. The van der Waals surface area contributed by atoms with Crippen LogP contribution in [0, 0.1) is 0 Å². The predicted molar refractivity (Wildman–Crippen MR) is 38.5 cm³/mol. The summed E-state index contributed by atoms with van der Waals surface area (Å²) < 4.78 is 31.6. The molecule has 0 bridgehead atoms. The van der Waals surface area contributed by atoms with Gasteiger partial charge in [-0.05, 0) is 0 Å². The molecule has 6 heteroatoms. The van der Waals surface area contributed by atoms with Gasteiger partial charge < -0.3 is 9.47 Å². The SMILES string of the molecule is O=C(CF)OCCCOC(=O)CF. The van der Waals surface area contributed by atoms with E-state index in [9.17, 15) is 18.4 Å². The molecule has 0 spiro atoms. The van der Waals surface area contributed by atoms with Crippen molar-refractivity contribution in [2.45, 2.75) is 6.42 Å². The lowest BCUT2D eigenvalue weighted by atomic mass is 10.5. The van der Waals surface area contributed by atoms with Crippen LogP contribution in [0.4, 0.5) is 8.78 Å². The molecule has 4 nitrogen and oxygen atoms in total. The molecule has 0 aromatic rings. The number of carbonyl (C=O) groups excluding carboxylic acids is 2. The molecule has 0 N–H and O–H groups in total. The number of halogens is 2. The Morgan fingerprint density at radius 3 is 1.62 bits per heavy atom. The van der Waals surface area contributed by atoms with Crippen LogP contribution in [0.1, 0.15) is 6.42 Å². The first kappa shape index (κ1) is 11.8. The topological polar surface area (TPSA) is 52.6 Å². The number of alkyl halides is 2. The molecule has 0 fully saturated rings. The second kappa shape index (κ2) is 7.45. The standard InChI is InChI=1S/C7H10F2O4/c8-4-6(10)12-2-1-3-13-7(11)5-9/h1-5H2. The maximum Gasteiger partial charge on any atom is 0.337 e. The molecular weight excluding hydrogens is 186 g/mol. The third-order valence-corrected chi connectivity index (χ3v) is 1.03. The van der Waals surface area contributed by atoms with Gasteiger partial charge in [0.15, 0.2) is 13.3 Å². The number of carbonyl (C=O) groups is 2. The fourth-order valence-electron chi connectivity index (χ4n) is 0.508. The average molecular weight is 196 g/mol. The van der Waals surface area contributed by atoms with Crippen LogP contribution in [0.2, 0.25) is 0 Å². The maximum atomic E-state index is 11.5. The molecule has 0 saturated heterocycles. The van der Waals surface area contributed by atoms with Crippen LogP contribution < -0.4 is 0 Å². The first-order valence-corrected chi connectivity index (χ1v) is 3.64. The summed E-state index contributed by atoms with van der Waals surface area (Å²) in [4.78, 5) is 20.4. The van der Waals surface area contributed by atoms with Gasteiger partial charge in [0.1, 0.15) is 0 Å². The number of rotatable bonds is 6. The summed E-state index contributed by atoms with van der Waals surface area (Å²) in [5, 5.41) is 0. The molecule has 0 aromatic carbocycles. The Morgan fingerprint density at radius 1 is 0.923 bits per heavy atom. The van der Waals surface area contributed by atoms with E-state index < -0.39 is 25.3 Å². The minimum absolute atomic E-state index is 0.0394. The molecule has 0 rings (SSSR count). The number of esters is 2. The lowest BCUT2D eigenvalue weighted by Gasteiger charge is -2.02. The first-order valence-electron chi connectivity index (χ1n) is 3.64. The molecule has 0 atom stereocenters. The van der Waals surface area contributed by atoms with Crippen LogP contribution in [-0.4, -0.2) is 38.5 Å². The van der Waals surface area contributed by atoms with Gasteiger partial charge in [0, 0.05) is 6.42 Å². The largest absolute Gasteiger partial charge is 0.464 e. The van der Waals surface area contributed by atoms with E-state index in [0.717, 1.165) is 0 Å². The van der Waals surface area contributed by atoms with E-state index in [2.05, 4.69) is 9.47 Å². The molecule has 0 radical (unpaired) electrons. The van der Waals surface area contributed by atoms with Gasteiger partial charge in [0.25, 0.3) is 0 Å². The Labute approximate surface area is 73.8 Å². The zero-order chi connectivity index (χ0) is 10.1. The summed E-state index contributed by atoms with van der Waals surface area (Å²) in [5.74, 6) is -1.92. The van der Waals surface area contributed by atoms with Gasteiger partial charge in [-0.25, -0.2) is 18.4 Å². The van der Waals surface area contributed by atoms with Crippen LogP contribution >= 0.6 is 0 Å². The van der Waals surface area contributed by atoms with E-state index in [1.165, 1.54) is 0 Å². The first-order chi connectivity index (χ1) is 6.20. The van der Waals surface area contributed by atoms with Crippen molar-refractivity contribution in [2.24, 2.45) is 0 Å². The van der Waals surface area contributed by atoms with Gasteiger partial charge in [-0.3, -0.25) is 0 Å². The molecule has 0 aliphatic carbocycles. The minimum Gasteiger partial charge on any atom is -0.464 e. The molecule has 0 saturated carbocycles. The second-order valence-corrected chi connectivity index (χ2v) is 2.06. The Hall–Kier alpha value is -1.20. The lowest BCUT2D eigenvalue weighted by molar-refractivity contribution is -0.147. The van der Waals surface area contributed by atoms with E-state index in [4.69, 9.17) is 0 Å². The third kappa shape index (κ3) is 7.17. The normalized spacial score (nSPS) is 9.38. The fraction of sp³-hybridized carbons (Fsp3) is 0.714. The van der Waals surface area contributed by atoms with E-state index in [1.807, 2.05) is 0 Å². The second-order valence-electron chi connectivity index (χ2n) is 2.06.